The molecular formula is C20H16ClF5N6. The molecule has 6 nitrogen and oxygen atoms in total. The Balaban J connectivity index is 1.54. The van der Waals surface area contributed by atoms with Crippen LogP contribution in [0.2, 0.25) is 5.15 Å². The van der Waals surface area contributed by atoms with Gasteiger partial charge in [0.05, 0.1) is 11.1 Å². The summed E-state index contributed by atoms with van der Waals surface area (Å²) >= 11 is 6.13. The molecule has 5 rings (SSSR count). The van der Waals surface area contributed by atoms with Gasteiger partial charge in [-0.25, -0.2) is 8.78 Å². The Kier molecular flexibility index (Phi) is 5.05. The molecule has 3 aromatic rings. The van der Waals surface area contributed by atoms with Crippen LogP contribution >= 0.6 is 11.6 Å². The Morgan fingerprint density at radius 2 is 1.84 bits per heavy atom. The summed E-state index contributed by atoms with van der Waals surface area (Å²) < 4.78 is 69.6. The van der Waals surface area contributed by atoms with Gasteiger partial charge in [-0.15, -0.1) is 0 Å². The lowest BCUT2D eigenvalue weighted by Gasteiger charge is -2.17. The van der Waals surface area contributed by atoms with E-state index in [-0.39, 0.29) is 17.2 Å². The van der Waals surface area contributed by atoms with Gasteiger partial charge in [-0.3, -0.25) is 0 Å². The normalized spacial score (nSPS) is 22.6. The van der Waals surface area contributed by atoms with E-state index in [0.29, 0.717) is 23.3 Å². The molecule has 0 radical (unpaired) electrons. The smallest absolute Gasteiger partial charge is 0.360 e. The van der Waals surface area contributed by atoms with E-state index in [9.17, 15) is 13.2 Å². The number of allylic oxidation sites excluding steroid dienone is 1. The van der Waals surface area contributed by atoms with Gasteiger partial charge < -0.3 is 10.6 Å². The van der Waals surface area contributed by atoms with Crippen molar-refractivity contribution >= 4 is 29.3 Å². The molecule has 12 heteroatoms. The molecule has 0 amide bonds. The molecule has 3 heterocycles. The molecule has 1 aliphatic carbocycles. The van der Waals surface area contributed by atoms with Gasteiger partial charge >= 0.3 is 6.18 Å². The summed E-state index contributed by atoms with van der Waals surface area (Å²) in [5.74, 6) is -0.958. The van der Waals surface area contributed by atoms with Gasteiger partial charge in [-0.2, -0.15) is 32.8 Å². The van der Waals surface area contributed by atoms with Crippen LogP contribution in [-0.4, -0.2) is 45.4 Å². The number of hydrogen-bond donors (Lipinski definition) is 2. The summed E-state index contributed by atoms with van der Waals surface area (Å²) in [5, 5.41) is 8.79. The van der Waals surface area contributed by atoms with Crippen molar-refractivity contribution in [3.05, 3.63) is 46.9 Å². The van der Waals surface area contributed by atoms with E-state index in [1.165, 1.54) is 0 Å². The van der Waals surface area contributed by atoms with Gasteiger partial charge in [0.2, 0.25) is 0 Å². The Hall–Kier alpha value is -2.79. The van der Waals surface area contributed by atoms with E-state index in [1.807, 2.05) is 6.08 Å². The average Bonchev–Trinajstić information content (AvgIpc) is 3.07. The molecule has 2 N–H and O–H groups in total. The minimum absolute atomic E-state index is 0.117. The highest BCUT2D eigenvalue weighted by Gasteiger charge is 2.50. The predicted octanol–water partition coefficient (Wildman–Crippen LogP) is 4.18. The van der Waals surface area contributed by atoms with Gasteiger partial charge in [-0.05, 0) is 48.5 Å². The van der Waals surface area contributed by atoms with Gasteiger partial charge in [0.15, 0.2) is 0 Å². The molecule has 2 aliphatic rings. The van der Waals surface area contributed by atoms with Crippen molar-refractivity contribution in [1.82, 2.24) is 24.9 Å². The Morgan fingerprint density at radius 3 is 2.50 bits per heavy atom. The molecule has 2 fully saturated rings. The largest absolute Gasteiger partial charge is 0.405 e. The van der Waals surface area contributed by atoms with Crippen LogP contribution in [0.15, 0.2) is 24.5 Å². The quantitative estimate of drug-likeness (QED) is 0.433. The van der Waals surface area contributed by atoms with Crippen molar-refractivity contribution in [2.45, 2.75) is 6.18 Å². The molecule has 32 heavy (non-hydrogen) atoms. The summed E-state index contributed by atoms with van der Waals surface area (Å²) in [7, 11) is 0. The molecule has 1 aliphatic heterocycles. The van der Waals surface area contributed by atoms with E-state index in [2.05, 4.69) is 25.7 Å². The maximum absolute atomic E-state index is 15.1. The second-order valence-electron chi connectivity index (χ2n) is 7.85. The maximum atomic E-state index is 15.1. The van der Waals surface area contributed by atoms with Crippen LogP contribution in [0.3, 0.4) is 0 Å². The summed E-state index contributed by atoms with van der Waals surface area (Å²) in [4.78, 5) is 7.69. The van der Waals surface area contributed by atoms with Crippen molar-refractivity contribution in [3.8, 4) is 11.1 Å². The predicted molar refractivity (Wildman–Crippen MR) is 108 cm³/mol. The number of alkyl halides is 3. The van der Waals surface area contributed by atoms with Crippen molar-refractivity contribution in [1.29, 1.82) is 0 Å². The van der Waals surface area contributed by atoms with Crippen molar-refractivity contribution in [3.63, 3.8) is 0 Å². The Bertz CT molecular complexity index is 1190. The monoisotopic (exact) mass is 470 g/mol. The number of aromatic nitrogens is 4. The first kappa shape index (κ1) is 21.1. The van der Waals surface area contributed by atoms with E-state index in [0.717, 1.165) is 36.1 Å². The third-order valence-electron chi connectivity index (χ3n) is 5.82. The third-order valence-corrected chi connectivity index (χ3v) is 6.10. The van der Waals surface area contributed by atoms with Crippen LogP contribution in [0, 0.1) is 29.4 Å². The zero-order valence-corrected chi connectivity index (χ0v) is 17.1. The number of benzene rings is 1. The van der Waals surface area contributed by atoms with Gasteiger partial charge in [0, 0.05) is 0 Å². The standard InChI is InChI=1S/C20H16ClF5N6/c21-17-16(18(28-7-20(24,25)26)32-19(31-17)29-8-30-32)15-13(22)3-9(4-14(15)23)1-2-10-11-5-27-6-12(10)11/h1-4,8,10-12,27-28H,5-7H2/b2-1+/t10?,11-,12+. The van der Waals surface area contributed by atoms with Crippen LogP contribution in [0.1, 0.15) is 5.56 Å². The van der Waals surface area contributed by atoms with Gasteiger partial charge in [-0.1, -0.05) is 23.8 Å². The number of hydrogen-bond acceptors (Lipinski definition) is 5. The zero-order valence-electron chi connectivity index (χ0n) is 16.3. The zero-order chi connectivity index (χ0) is 22.6. The van der Waals surface area contributed by atoms with Crippen LogP contribution < -0.4 is 10.6 Å². The van der Waals surface area contributed by atoms with Crippen LogP contribution in [0.25, 0.3) is 23.0 Å². The van der Waals surface area contributed by atoms with E-state index < -0.39 is 35.1 Å². The molecule has 168 valence electrons. The van der Waals surface area contributed by atoms with E-state index in [4.69, 9.17) is 11.6 Å². The lowest BCUT2D eigenvalue weighted by atomic mass is 10.0. The number of nitrogens with one attached hydrogen (secondary N) is 2. The van der Waals surface area contributed by atoms with Crippen LogP contribution in [0.4, 0.5) is 27.8 Å². The second-order valence-corrected chi connectivity index (χ2v) is 8.21. The van der Waals surface area contributed by atoms with Crippen molar-refractivity contribution in [2.24, 2.45) is 17.8 Å². The summed E-state index contributed by atoms with van der Waals surface area (Å²) in [6.07, 6.45) is 0.0471. The lowest BCUT2D eigenvalue weighted by molar-refractivity contribution is -0.115. The third kappa shape index (κ3) is 3.79. The Morgan fingerprint density at radius 1 is 1.16 bits per heavy atom. The maximum Gasteiger partial charge on any atom is 0.405 e. The number of fused-ring (bicyclic) bond motifs is 2. The lowest BCUT2D eigenvalue weighted by Crippen LogP contribution is -2.23. The van der Waals surface area contributed by atoms with Crippen LogP contribution in [0.5, 0.6) is 0 Å². The molecule has 1 aromatic carbocycles. The number of anilines is 1. The summed E-state index contributed by atoms with van der Waals surface area (Å²) in [5.41, 5.74) is -0.672. The molecule has 1 unspecified atom stereocenters. The molecule has 0 spiro atoms. The highest BCUT2D eigenvalue weighted by molar-refractivity contribution is 6.33. The number of halogens is 6. The summed E-state index contributed by atoms with van der Waals surface area (Å²) in [6.45, 7) is 0.397. The molecule has 2 aromatic heterocycles. The molecule has 0 bridgehead atoms. The first-order chi connectivity index (χ1) is 15.2. The molecular weight excluding hydrogens is 455 g/mol. The SMILES string of the molecule is Fc1cc(/C=C/C2[C@H]3CNC[C@@H]23)cc(F)c1-c1c(Cl)nc2ncnn2c1NCC(F)(F)F. The fourth-order valence-corrected chi connectivity index (χ4v) is 4.55. The minimum Gasteiger partial charge on any atom is -0.360 e. The average molecular weight is 471 g/mol. The molecule has 3 atom stereocenters. The first-order valence-corrected chi connectivity index (χ1v) is 10.2. The first-order valence-electron chi connectivity index (χ1n) is 9.81. The fraction of sp³-hybridized carbons (Fsp3) is 0.350. The van der Waals surface area contributed by atoms with E-state index >= 15 is 8.78 Å². The topological polar surface area (TPSA) is 67.1 Å². The van der Waals surface area contributed by atoms with Gasteiger partial charge in [0.1, 0.15) is 35.5 Å². The number of piperidine rings is 1. The number of rotatable bonds is 5. The second kappa shape index (κ2) is 7.66. The van der Waals surface area contributed by atoms with Gasteiger partial charge in [0.25, 0.3) is 5.78 Å². The molecule has 1 saturated heterocycles. The molecule has 1 saturated carbocycles. The number of nitrogens with zero attached hydrogens (tertiary/aromatic N) is 4. The fourth-order valence-electron chi connectivity index (χ4n) is 4.29. The van der Waals surface area contributed by atoms with Crippen LogP contribution in [-0.2, 0) is 0 Å². The summed E-state index contributed by atoms with van der Waals surface area (Å²) in [6, 6.07) is 2.22. The highest BCUT2D eigenvalue weighted by atomic mass is 35.5. The highest BCUT2D eigenvalue weighted by Crippen LogP contribution is 2.49. The van der Waals surface area contributed by atoms with E-state index in [1.54, 1.807) is 6.08 Å². The van der Waals surface area contributed by atoms with Crippen molar-refractivity contribution < 1.29 is 22.0 Å². The minimum atomic E-state index is -4.59. The Labute approximate surface area is 183 Å². The van der Waals surface area contributed by atoms with Crippen molar-refractivity contribution in [2.75, 3.05) is 25.0 Å².